The third kappa shape index (κ3) is 5.14. The summed E-state index contributed by atoms with van der Waals surface area (Å²) in [5.41, 5.74) is 3.39. The van der Waals surface area contributed by atoms with Crippen molar-refractivity contribution in [2.75, 3.05) is 0 Å². The molecule has 31 heavy (non-hydrogen) atoms. The number of aryl methyl sites for hydroxylation is 1. The van der Waals surface area contributed by atoms with Gasteiger partial charge in [0.15, 0.2) is 5.75 Å². The van der Waals surface area contributed by atoms with Crippen LogP contribution in [0, 0.1) is 5.82 Å². The summed E-state index contributed by atoms with van der Waals surface area (Å²) in [5, 5.41) is 8.80. The molecule has 4 rings (SSSR count). The van der Waals surface area contributed by atoms with Crippen LogP contribution in [-0.4, -0.2) is 21.0 Å². The number of aromatic nitrogens is 2. The van der Waals surface area contributed by atoms with Crippen molar-refractivity contribution in [3.05, 3.63) is 74.9 Å². The third-order valence-corrected chi connectivity index (χ3v) is 5.88. The molecule has 0 saturated heterocycles. The molecule has 1 heterocycles. The van der Waals surface area contributed by atoms with Crippen LogP contribution in [0.1, 0.15) is 18.4 Å². The summed E-state index contributed by atoms with van der Waals surface area (Å²) >= 11 is 7.09. The molecule has 4 aromatic rings. The molecule has 0 radical (unpaired) electrons. The maximum absolute atomic E-state index is 13.2. The molecule has 158 valence electrons. The van der Waals surface area contributed by atoms with Gasteiger partial charge in [-0.3, -0.25) is 4.79 Å². The van der Waals surface area contributed by atoms with Gasteiger partial charge in [0, 0.05) is 18.1 Å². The van der Waals surface area contributed by atoms with Gasteiger partial charge < -0.3 is 14.8 Å². The topological polar surface area (TPSA) is 75.2 Å². The first-order valence-electron chi connectivity index (χ1n) is 9.52. The van der Waals surface area contributed by atoms with Crippen LogP contribution < -0.4 is 4.74 Å². The number of nitrogens with zero attached hydrogens (tertiary/aromatic N) is 1. The average molecular weight is 548 g/mol. The summed E-state index contributed by atoms with van der Waals surface area (Å²) < 4.78 is 20.8. The summed E-state index contributed by atoms with van der Waals surface area (Å²) in [6.45, 7) is 0. The number of ether oxygens (including phenoxy) is 1. The molecule has 0 saturated carbocycles. The minimum Gasteiger partial charge on any atom is -0.481 e. The Balaban J connectivity index is 1.55. The monoisotopic (exact) mass is 546 g/mol. The zero-order valence-electron chi connectivity index (χ0n) is 16.2. The minimum absolute atomic E-state index is 0.137. The van der Waals surface area contributed by atoms with E-state index in [-0.39, 0.29) is 12.2 Å². The summed E-state index contributed by atoms with van der Waals surface area (Å²) in [7, 11) is 0. The Morgan fingerprint density at radius 1 is 1.06 bits per heavy atom. The molecule has 5 nitrogen and oxygen atoms in total. The Labute approximate surface area is 194 Å². The van der Waals surface area contributed by atoms with Gasteiger partial charge in [0.05, 0.1) is 20.0 Å². The number of hydrogen-bond acceptors (Lipinski definition) is 3. The lowest BCUT2D eigenvalue weighted by atomic mass is 10.1. The van der Waals surface area contributed by atoms with E-state index in [1.54, 1.807) is 12.1 Å². The average Bonchev–Trinajstić information content (AvgIpc) is 3.14. The van der Waals surface area contributed by atoms with Gasteiger partial charge >= 0.3 is 5.97 Å². The van der Waals surface area contributed by atoms with E-state index >= 15 is 0 Å². The fourth-order valence-electron chi connectivity index (χ4n) is 3.21. The summed E-state index contributed by atoms with van der Waals surface area (Å²) in [4.78, 5) is 18.5. The van der Waals surface area contributed by atoms with E-state index in [0.29, 0.717) is 30.2 Å². The van der Waals surface area contributed by atoms with Crippen molar-refractivity contribution in [2.24, 2.45) is 0 Å². The number of halogens is 3. The largest absolute Gasteiger partial charge is 0.481 e. The van der Waals surface area contributed by atoms with Gasteiger partial charge in [0.1, 0.15) is 17.4 Å². The first-order valence-corrected chi connectivity index (χ1v) is 11.1. The lowest BCUT2D eigenvalue weighted by Crippen LogP contribution is -1.96. The molecule has 0 unspecified atom stereocenters. The van der Waals surface area contributed by atoms with Gasteiger partial charge in [-0.05, 0) is 98.8 Å². The maximum atomic E-state index is 13.2. The van der Waals surface area contributed by atoms with E-state index in [4.69, 9.17) is 9.84 Å². The Bertz CT molecular complexity index is 1230. The minimum atomic E-state index is -0.796. The second kappa shape index (κ2) is 9.20. The van der Waals surface area contributed by atoms with Crippen LogP contribution in [-0.2, 0) is 11.2 Å². The van der Waals surface area contributed by atoms with Crippen molar-refractivity contribution in [1.82, 2.24) is 9.97 Å². The zero-order chi connectivity index (χ0) is 22.0. The molecular formula is C23H17Br2FN2O3. The Hall–Kier alpha value is -2.71. The van der Waals surface area contributed by atoms with E-state index in [1.807, 2.05) is 30.3 Å². The fraction of sp³-hybridized carbons (Fsp3) is 0.130. The number of H-pyrrole nitrogens is 1. The molecule has 3 aromatic carbocycles. The van der Waals surface area contributed by atoms with Gasteiger partial charge in [-0.25, -0.2) is 9.37 Å². The van der Waals surface area contributed by atoms with Gasteiger partial charge in [0.2, 0.25) is 0 Å². The van der Waals surface area contributed by atoms with E-state index in [2.05, 4.69) is 41.8 Å². The number of imidazole rings is 1. The van der Waals surface area contributed by atoms with Crippen LogP contribution in [0.5, 0.6) is 11.5 Å². The first kappa shape index (κ1) is 21.5. The predicted octanol–water partition coefficient (Wildman–Crippen LogP) is 7.09. The maximum Gasteiger partial charge on any atom is 0.303 e. The number of hydrogen-bond donors (Lipinski definition) is 2. The van der Waals surface area contributed by atoms with Crippen LogP contribution in [0.2, 0.25) is 0 Å². The van der Waals surface area contributed by atoms with Crippen LogP contribution in [0.15, 0.2) is 63.5 Å². The number of carboxylic acid groups (broad SMARTS) is 1. The normalized spacial score (nSPS) is 11.1. The molecule has 2 N–H and O–H groups in total. The number of aromatic amines is 1. The lowest BCUT2D eigenvalue weighted by Gasteiger charge is -2.12. The molecule has 0 aliphatic heterocycles. The van der Waals surface area contributed by atoms with Crippen LogP contribution in [0.25, 0.3) is 22.4 Å². The van der Waals surface area contributed by atoms with E-state index < -0.39 is 5.97 Å². The van der Waals surface area contributed by atoms with E-state index in [1.165, 1.54) is 12.1 Å². The Kier molecular flexibility index (Phi) is 6.38. The van der Waals surface area contributed by atoms with Crippen molar-refractivity contribution >= 4 is 48.9 Å². The smallest absolute Gasteiger partial charge is 0.303 e. The first-order chi connectivity index (χ1) is 14.9. The number of rotatable bonds is 7. The van der Waals surface area contributed by atoms with Crippen molar-refractivity contribution in [1.29, 1.82) is 0 Å². The van der Waals surface area contributed by atoms with Crippen LogP contribution in [0.4, 0.5) is 4.39 Å². The highest BCUT2D eigenvalue weighted by atomic mass is 79.9. The van der Waals surface area contributed by atoms with Gasteiger partial charge in [-0.15, -0.1) is 0 Å². The molecule has 0 amide bonds. The Morgan fingerprint density at radius 2 is 1.77 bits per heavy atom. The molecule has 8 heteroatoms. The fourth-order valence-corrected chi connectivity index (χ4v) is 4.66. The van der Waals surface area contributed by atoms with Gasteiger partial charge in [-0.2, -0.15) is 0 Å². The molecular weight excluding hydrogens is 531 g/mol. The van der Waals surface area contributed by atoms with Crippen molar-refractivity contribution < 1.29 is 19.0 Å². The molecule has 0 bridgehead atoms. The highest BCUT2D eigenvalue weighted by Gasteiger charge is 2.12. The number of benzene rings is 3. The number of fused-ring (bicyclic) bond motifs is 1. The zero-order valence-corrected chi connectivity index (χ0v) is 19.3. The predicted molar refractivity (Wildman–Crippen MR) is 124 cm³/mol. The van der Waals surface area contributed by atoms with Crippen molar-refractivity contribution in [2.45, 2.75) is 19.3 Å². The summed E-state index contributed by atoms with van der Waals surface area (Å²) in [5.74, 6) is 0.816. The van der Waals surface area contributed by atoms with Gasteiger partial charge in [-0.1, -0.05) is 0 Å². The van der Waals surface area contributed by atoms with Crippen LogP contribution >= 0.6 is 31.9 Å². The van der Waals surface area contributed by atoms with E-state index in [0.717, 1.165) is 31.1 Å². The third-order valence-electron chi connectivity index (χ3n) is 4.71. The molecule has 0 fully saturated rings. The molecule has 1 aromatic heterocycles. The number of carbonyl (C=O) groups is 1. The number of carboxylic acids is 1. The number of nitrogens with one attached hydrogen (secondary N) is 1. The van der Waals surface area contributed by atoms with Crippen LogP contribution in [0.3, 0.4) is 0 Å². The highest BCUT2D eigenvalue weighted by Crippen LogP contribution is 2.38. The van der Waals surface area contributed by atoms with Crippen molar-refractivity contribution in [3.8, 4) is 22.9 Å². The summed E-state index contributed by atoms with van der Waals surface area (Å²) in [6.07, 6.45) is 1.37. The molecule has 0 atom stereocenters. The SMILES string of the molecule is O=C(O)CCCc1cc(Br)c(Oc2ccc3nc(-c4ccc(F)cc4)[nH]c3c2)c(Br)c1. The molecule has 0 aliphatic rings. The second-order valence-electron chi connectivity index (χ2n) is 7.01. The van der Waals surface area contributed by atoms with Crippen molar-refractivity contribution in [3.63, 3.8) is 0 Å². The van der Waals surface area contributed by atoms with E-state index in [9.17, 15) is 9.18 Å². The summed E-state index contributed by atoms with van der Waals surface area (Å²) in [6, 6.07) is 15.6. The lowest BCUT2D eigenvalue weighted by molar-refractivity contribution is -0.137. The quantitative estimate of drug-likeness (QED) is 0.259. The highest BCUT2D eigenvalue weighted by molar-refractivity contribution is 9.11. The van der Waals surface area contributed by atoms with Gasteiger partial charge in [0.25, 0.3) is 0 Å². The Morgan fingerprint density at radius 3 is 2.45 bits per heavy atom. The molecule has 0 spiro atoms. The standard InChI is InChI=1S/C23H17Br2FN2O3/c24-17-10-13(2-1-3-21(29)30)11-18(25)22(17)31-16-8-9-19-20(12-16)28-23(27-19)14-4-6-15(26)7-5-14/h4-12H,1-3H2,(H,27,28)(H,29,30). The number of aliphatic carboxylic acids is 1. The second-order valence-corrected chi connectivity index (χ2v) is 8.72. The molecule has 0 aliphatic carbocycles.